The minimum Gasteiger partial charge on any atom is -0.337 e. The second-order valence-corrected chi connectivity index (χ2v) is 4.54. The van der Waals surface area contributed by atoms with E-state index in [0.29, 0.717) is 31.3 Å². The van der Waals surface area contributed by atoms with Crippen LogP contribution >= 0.6 is 0 Å². The SMILES string of the molecule is CCN1CCn2c(nn(Cc3nc(C)no3)c2=O)C1=O. The zero-order valence-electron chi connectivity index (χ0n) is 11.2. The number of rotatable bonds is 3. The summed E-state index contributed by atoms with van der Waals surface area (Å²) in [4.78, 5) is 30.0. The molecule has 0 saturated heterocycles. The van der Waals surface area contributed by atoms with Crippen molar-refractivity contribution in [1.29, 1.82) is 0 Å². The van der Waals surface area contributed by atoms with Gasteiger partial charge in [-0.25, -0.2) is 9.48 Å². The summed E-state index contributed by atoms with van der Waals surface area (Å²) in [5.41, 5.74) is -0.333. The van der Waals surface area contributed by atoms with Crippen molar-refractivity contribution in [1.82, 2.24) is 29.4 Å². The number of aryl methyl sites for hydroxylation is 1. The number of hydrogen-bond acceptors (Lipinski definition) is 6. The molecule has 0 aromatic carbocycles. The topological polar surface area (TPSA) is 99.0 Å². The lowest BCUT2D eigenvalue weighted by Gasteiger charge is -2.24. The Morgan fingerprint density at radius 1 is 1.30 bits per heavy atom. The number of fused-ring (bicyclic) bond motifs is 1. The first-order chi connectivity index (χ1) is 9.60. The molecule has 0 N–H and O–H groups in total. The highest BCUT2D eigenvalue weighted by atomic mass is 16.5. The summed E-state index contributed by atoms with van der Waals surface area (Å²) in [5.74, 6) is 0.723. The van der Waals surface area contributed by atoms with E-state index in [4.69, 9.17) is 4.52 Å². The van der Waals surface area contributed by atoms with Crippen LogP contribution in [0, 0.1) is 6.92 Å². The van der Waals surface area contributed by atoms with Crippen LogP contribution in [0.5, 0.6) is 0 Å². The maximum absolute atomic E-state index is 12.2. The third-order valence-corrected chi connectivity index (χ3v) is 3.23. The fraction of sp³-hybridized carbons (Fsp3) is 0.545. The van der Waals surface area contributed by atoms with Gasteiger partial charge in [-0.15, -0.1) is 5.10 Å². The van der Waals surface area contributed by atoms with Crippen LogP contribution in [0.4, 0.5) is 0 Å². The molecule has 2 aromatic heterocycles. The molecule has 9 nitrogen and oxygen atoms in total. The molecule has 1 aliphatic rings. The highest BCUT2D eigenvalue weighted by Gasteiger charge is 2.28. The van der Waals surface area contributed by atoms with Crippen molar-refractivity contribution >= 4 is 5.91 Å². The Bertz CT molecular complexity index is 712. The van der Waals surface area contributed by atoms with E-state index in [1.54, 1.807) is 11.8 Å². The second-order valence-electron chi connectivity index (χ2n) is 4.54. The average Bonchev–Trinajstić information content (AvgIpc) is 2.97. The number of likely N-dealkylation sites (N-methyl/N-ethyl adjacent to an activating group) is 1. The Hall–Kier alpha value is -2.45. The molecule has 3 rings (SSSR count). The molecular formula is C11H14N6O3. The van der Waals surface area contributed by atoms with Crippen LogP contribution in [0.25, 0.3) is 0 Å². The maximum Gasteiger partial charge on any atom is 0.346 e. The van der Waals surface area contributed by atoms with Crippen LogP contribution in [-0.2, 0) is 13.1 Å². The molecule has 20 heavy (non-hydrogen) atoms. The van der Waals surface area contributed by atoms with E-state index in [0.717, 1.165) is 0 Å². The van der Waals surface area contributed by atoms with Crippen molar-refractivity contribution < 1.29 is 9.32 Å². The third-order valence-electron chi connectivity index (χ3n) is 3.23. The van der Waals surface area contributed by atoms with Crippen molar-refractivity contribution in [2.24, 2.45) is 0 Å². The Kier molecular flexibility index (Phi) is 2.88. The van der Waals surface area contributed by atoms with Crippen molar-refractivity contribution in [2.45, 2.75) is 26.9 Å². The summed E-state index contributed by atoms with van der Waals surface area (Å²) in [5, 5.41) is 7.74. The molecule has 3 heterocycles. The summed E-state index contributed by atoms with van der Waals surface area (Å²) >= 11 is 0. The predicted molar refractivity (Wildman–Crippen MR) is 66.2 cm³/mol. The minimum atomic E-state index is -0.333. The minimum absolute atomic E-state index is 0.0685. The van der Waals surface area contributed by atoms with Gasteiger partial charge >= 0.3 is 5.69 Å². The quantitative estimate of drug-likeness (QED) is 0.733. The number of aromatic nitrogens is 5. The van der Waals surface area contributed by atoms with E-state index in [-0.39, 0.29) is 24.0 Å². The molecule has 0 spiro atoms. The molecule has 1 amide bonds. The molecular weight excluding hydrogens is 264 g/mol. The molecule has 106 valence electrons. The fourth-order valence-corrected chi connectivity index (χ4v) is 2.20. The van der Waals surface area contributed by atoms with E-state index >= 15 is 0 Å². The maximum atomic E-state index is 12.2. The van der Waals surface area contributed by atoms with Crippen molar-refractivity contribution in [3.05, 3.63) is 28.0 Å². The van der Waals surface area contributed by atoms with E-state index in [1.807, 2.05) is 6.92 Å². The number of carbonyl (C=O) groups is 1. The average molecular weight is 278 g/mol. The lowest BCUT2D eigenvalue weighted by atomic mass is 10.3. The first kappa shape index (κ1) is 12.6. The van der Waals surface area contributed by atoms with Gasteiger partial charge in [-0.2, -0.15) is 4.98 Å². The normalized spacial score (nSPS) is 14.7. The van der Waals surface area contributed by atoms with Gasteiger partial charge in [0.25, 0.3) is 5.91 Å². The summed E-state index contributed by atoms with van der Waals surface area (Å²) < 4.78 is 7.53. The fourth-order valence-electron chi connectivity index (χ4n) is 2.20. The molecule has 0 saturated carbocycles. The zero-order chi connectivity index (χ0) is 14.3. The smallest absolute Gasteiger partial charge is 0.337 e. The first-order valence-electron chi connectivity index (χ1n) is 6.36. The monoisotopic (exact) mass is 278 g/mol. The Morgan fingerprint density at radius 2 is 2.10 bits per heavy atom. The highest BCUT2D eigenvalue weighted by molar-refractivity contribution is 5.91. The van der Waals surface area contributed by atoms with Gasteiger partial charge in [0.1, 0.15) is 6.54 Å². The van der Waals surface area contributed by atoms with Crippen LogP contribution in [0.3, 0.4) is 0 Å². The van der Waals surface area contributed by atoms with Gasteiger partial charge in [0.15, 0.2) is 5.82 Å². The number of carbonyl (C=O) groups excluding carboxylic acids is 1. The lowest BCUT2D eigenvalue weighted by Crippen LogP contribution is -2.42. The predicted octanol–water partition coefficient (Wildman–Crippen LogP) is -0.740. The molecule has 1 aliphatic heterocycles. The van der Waals surface area contributed by atoms with Crippen molar-refractivity contribution in [2.75, 3.05) is 13.1 Å². The van der Waals surface area contributed by atoms with Crippen LogP contribution in [0.15, 0.2) is 9.32 Å². The van der Waals surface area contributed by atoms with Gasteiger partial charge in [0.2, 0.25) is 11.7 Å². The first-order valence-corrected chi connectivity index (χ1v) is 6.36. The molecule has 0 fully saturated rings. The van der Waals surface area contributed by atoms with Crippen LogP contribution in [0.2, 0.25) is 0 Å². The van der Waals surface area contributed by atoms with Crippen LogP contribution < -0.4 is 5.69 Å². The molecule has 0 atom stereocenters. The number of amides is 1. The van der Waals surface area contributed by atoms with Crippen molar-refractivity contribution in [3.63, 3.8) is 0 Å². The zero-order valence-corrected chi connectivity index (χ0v) is 11.2. The Labute approximate surface area is 113 Å². The van der Waals surface area contributed by atoms with Gasteiger partial charge in [0, 0.05) is 19.6 Å². The number of hydrogen-bond donors (Lipinski definition) is 0. The summed E-state index contributed by atoms with van der Waals surface area (Å²) in [7, 11) is 0. The van der Waals surface area contributed by atoms with E-state index in [1.165, 1.54) is 9.25 Å². The molecule has 9 heteroatoms. The third kappa shape index (κ3) is 1.91. The Balaban J connectivity index is 1.95. The van der Waals surface area contributed by atoms with Crippen LogP contribution in [0.1, 0.15) is 29.3 Å². The van der Waals surface area contributed by atoms with E-state index in [2.05, 4.69) is 15.2 Å². The highest BCUT2D eigenvalue weighted by Crippen LogP contribution is 2.08. The largest absolute Gasteiger partial charge is 0.346 e. The molecule has 0 unspecified atom stereocenters. The van der Waals surface area contributed by atoms with Gasteiger partial charge in [-0.05, 0) is 13.8 Å². The molecule has 2 aromatic rings. The van der Waals surface area contributed by atoms with Gasteiger partial charge in [0.05, 0.1) is 0 Å². The summed E-state index contributed by atoms with van der Waals surface area (Å²) in [6, 6.07) is 0. The summed E-state index contributed by atoms with van der Waals surface area (Å²) in [6.07, 6.45) is 0. The molecule has 0 aliphatic carbocycles. The molecule has 0 bridgehead atoms. The molecule has 0 radical (unpaired) electrons. The van der Waals surface area contributed by atoms with E-state index < -0.39 is 0 Å². The summed E-state index contributed by atoms with van der Waals surface area (Å²) in [6.45, 7) is 5.23. The van der Waals surface area contributed by atoms with Gasteiger partial charge < -0.3 is 9.42 Å². The Morgan fingerprint density at radius 3 is 2.75 bits per heavy atom. The standard InChI is InChI=1S/C11H14N6O3/c1-3-15-4-5-16-9(10(15)18)13-17(11(16)19)6-8-12-7(2)14-20-8/h3-6H2,1-2H3. The van der Waals surface area contributed by atoms with Gasteiger partial charge in [-0.1, -0.05) is 5.16 Å². The lowest BCUT2D eigenvalue weighted by molar-refractivity contribution is 0.0705. The van der Waals surface area contributed by atoms with Crippen LogP contribution in [-0.4, -0.2) is 48.4 Å². The van der Waals surface area contributed by atoms with Crippen molar-refractivity contribution in [3.8, 4) is 0 Å². The number of nitrogens with zero attached hydrogens (tertiary/aromatic N) is 6. The second kappa shape index (κ2) is 4.58. The van der Waals surface area contributed by atoms with Gasteiger partial charge in [-0.3, -0.25) is 9.36 Å². The van der Waals surface area contributed by atoms with E-state index in [9.17, 15) is 9.59 Å².